The van der Waals surface area contributed by atoms with Crippen molar-refractivity contribution in [1.29, 1.82) is 0 Å². The van der Waals surface area contributed by atoms with Crippen LogP contribution in [-0.2, 0) is 23.7 Å². The van der Waals surface area contributed by atoms with Gasteiger partial charge in [-0.2, -0.15) is 0 Å². The average Bonchev–Trinajstić information content (AvgIpc) is 3.53. The molecule has 0 bridgehead atoms. The van der Waals surface area contributed by atoms with Gasteiger partial charge in [-0.15, -0.1) is 0 Å². The van der Waals surface area contributed by atoms with Crippen molar-refractivity contribution >= 4 is 70.6 Å². The first-order valence-electron chi connectivity index (χ1n) is 16.3. The van der Waals surface area contributed by atoms with Crippen LogP contribution in [0.1, 0.15) is 81.9 Å². The second kappa shape index (κ2) is 10.6. The third kappa shape index (κ3) is 4.13. The zero-order chi connectivity index (χ0) is 31.9. The van der Waals surface area contributed by atoms with E-state index in [1.54, 1.807) is 0 Å². The Morgan fingerprint density at radius 3 is 1.48 bits per heavy atom. The van der Waals surface area contributed by atoms with Crippen molar-refractivity contribution in [3.63, 3.8) is 0 Å². The van der Waals surface area contributed by atoms with Crippen LogP contribution >= 0.6 is 15.9 Å². The van der Waals surface area contributed by atoms with E-state index in [4.69, 9.17) is 9.97 Å². The van der Waals surface area contributed by atoms with Crippen LogP contribution in [0.15, 0.2) is 77.4 Å². The predicted octanol–water partition coefficient (Wildman–Crippen LogP) is 11.9. The number of benzene rings is 4. The van der Waals surface area contributed by atoms with Gasteiger partial charge in [0.05, 0.1) is 22.4 Å². The fraction of sp³-hybridized carbons (Fsp3) is 0.302. The summed E-state index contributed by atoms with van der Waals surface area (Å²) in [4.78, 5) is 9.82. The zero-order valence-corrected chi connectivity index (χ0v) is 29.1. The highest BCUT2D eigenvalue weighted by Crippen LogP contribution is 2.45. The van der Waals surface area contributed by atoms with Crippen molar-refractivity contribution in [3.05, 3.63) is 117 Å². The summed E-state index contributed by atoms with van der Waals surface area (Å²) in [5.41, 5.74) is 14.5. The van der Waals surface area contributed by atoms with E-state index >= 15 is 0 Å². The zero-order valence-electron chi connectivity index (χ0n) is 27.5. The van der Waals surface area contributed by atoms with Gasteiger partial charge in [0.15, 0.2) is 0 Å². The molecule has 5 heteroatoms. The highest BCUT2D eigenvalue weighted by atomic mass is 79.9. The molecule has 0 saturated heterocycles. The summed E-state index contributed by atoms with van der Waals surface area (Å²) < 4.78 is 5.80. The number of hydrogen-bond acceptors (Lipinski definition) is 2. The molecule has 0 atom stereocenters. The number of rotatable bonds is 0. The maximum absolute atomic E-state index is 4.95. The second-order valence-corrected chi connectivity index (χ2v) is 15.6. The summed E-state index contributed by atoms with van der Waals surface area (Å²) in [7, 11) is 0. The van der Waals surface area contributed by atoms with Crippen molar-refractivity contribution in [1.82, 2.24) is 18.8 Å². The number of nitrogens with zero attached hydrogens (tertiary/aromatic N) is 4. The summed E-state index contributed by atoms with van der Waals surface area (Å²) in [6.07, 6.45) is 2.04. The SMILES string of the molecule is C.C.Cc1ccc2c3c1c1ccccc1c1nc(Br)c(n13)CC2(C)C.Cc1nc2c3ccccc3c3c(C)ccc4c3n2c1CC4(C)C. The van der Waals surface area contributed by atoms with E-state index in [9.17, 15) is 0 Å². The van der Waals surface area contributed by atoms with Crippen LogP contribution in [0, 0.1) is 20.8 Å². The molecule has 48 heavy (non-hydrogen) atoms. The van der Waals surface area contributed by atoms with Gasteiger partial charge in [-0.3, -0.25) is 8.80 Å². The van der Waals surface area contributed by atoms with E-state index in [0.717, 1.165) is 28.7 Å². The molecule has 6 heterocycles. The smallest absolute Gasteiger partial charge is 0.146 e. The van der Waals surface area contributed by atoms with E-state index in [-0.39, 0.29) is 25.7 Å². The minimum Gasteiger partial charge on any atom is -0.296 e. The molecule has 0 unspecified atom stereocenters. The Bertz CT molecular complexity index is 2450. The molecule has 8 aromatic rings. The maximum atomic E-state index is 4.95. The monoisotopic (exact) mass is 696 g/mol. The molecule has 4 aromatic carbocycles. The van der Waals surface area contributed by atoms with Gasteiger partial charge in [0.2, 0.25) is 0 Å². The van der Waals surface area contributed by atoms with Crippen molar-refractivity contribution in [3.8, 4) is 0 Å². The number of aryl methyl sites for hydroxylation is 3. The van der Waals surface area contributed by atoms with Gasteiger partial charge in [-0.1, -0.05) is 115 Å². The third-order valence-corrected chi connectivity index (χ3v) is 11.5. The van der Waals surface area contributed by atoms with Gasteiger partial charge < -0.3 is 0 Å². The van der Waals surface area contributed by atoms with Gasteiger partial charge >= 0.3 is 0 Å². The summed E-state index contributed by atoms with van der Waals surface area (Å²) >= 11 is 3.71. The summed E-state index contributed by atoms with van der Waals surface area (Å²) in [5, 5.41) is 7.86. The molecule has 0 spiro atoms. The molecule has 4 nitrogen and oxygen atoms in total. The van der Waals surface area contributed by atoms with Crippen LogP contribution in [0.2, 0.25) is 0 Å². The molecule has 0 fully saturated rings. The van der Waals surface area contributed by atoms with Crippen LogP contribution in [0.25, 0.3) is 54.6 Å². The molecule has 0 radical (unpaired) electrons. The lowest BCUT2D eigenvalue weighted by molar-refractivity contribution is 0.504. The van der Waals surface area contributed by atoms with Crippen LogP contribution in [-0.4, -0.2) is 18.8 Å². The Hall–Kier alpha value is -4.22. The number of hydrogen-bond donors (Lipinski definition) is 0. The molecule has 0 aliphatic carbocycles. The van der Waals surface area contributed by atoms with E-state index in [1.165, 1.54) is 82.7 Å². The Labute approximate surface area is 292 Å². The first-order chi connectivity index (χ1) is 22.0. The van der Waals surface area contributed by atoms with Crippen molar-refractivity contribution in [2.45, 2.75) is 87.0 Å². The van der Waals surface area contributed by atoms with Gasteiger partial charge in [-0.05, 0) is 87.0 Å². The van der Waals surface area contributed by atoms with Crippen molar-refractivity contribution in [2.75, 3.05) is 0 Å². The molecule has 4 aromatic heterocycles. The highest BCUT2D eigenvalue weighted by molar-refractivity contribution is 9.10. The Morgan fingerprint density at radius 2 is 0.979 bits per heavy atom. The Kier molecular flexibility index (Phi) is 7.17. The largest absolute Gasteiger partial charge is 0.296 e. The van der Waals surface area contributed by atoms with Crippen LogP contribution in [0.3, 0.4) is 0 Å². The topological polar surface area (TPSA) is 34.6 Å². The lowest BCUT2D eigenvalue weighted by atomic mass is 9.76. The van der Waals surface area contributed by atoms with Gasteiger partial charge in [0, 0.05) is 33.7 Å². The van der Waals surface area contributed by atoms with Crippen LogP contribution in [0.5, 0.6) is 0 Å². The fourth-order valence-electron chi connectivity index (χ4n) is 8.63. The number of pyridine rings is 2. The summed E-state index contributed by atoms with van der Waals surface area (Å²) in [5.74, 6) is 0. The average molecular weight is 698 g/mol. The molecule has 2 aliphatic rings. The minimum absolute atomic E-state index is 0. The van der Waals surface area contributed by atoms with Crippen molar-refractivity contribution in [2.24, 2.45) is 0 Å². The van der Waals surface area contributed by atoms with E-state index in [2.05, 4.69) is 146 Å². The van der Waals surface area contributed by atoms with Gasteiger partial charge in [0.25, 0.3) is 0 Å². The third-order valence-electron chi connectivity index (χ3n) is 10.9. The number of imidazole rings is 2. The molecule has 0 N–H and O–H groups in total. The van der Waals surface area contributed by atoms with Gasteiger partial charge in [0.1, 0.15) is 15.9 Å². The Balaban J connectivity index is 0.000000146. The summed E-state index contributed by atoms with van der Waals surface area (Å²) in [6.45, 7) is 16.0. The molecule has 10 rings (SSSR count). The van der Waals surface area contributed by atoms with E-state index in [0.29, 0.717) is 0 Å². The molecule has 0 saturated carbocycles. The molecule has 2 aliphatic heterocycles. The van der Waals surface area contributed by atoms with Crippen LogP contribution < -0.4 is 0 Å². The fourth-order valence-corrected chi connectivity index (χ4v) is 9.12. The minimum atomic E-state index is 0. The van der Waals surface area contributed by atoms with Gasteiger partial charge in [-0.25, -0.2) is 9.97 Å². The molecule has 0 amide bonds. The summed E-state index contributed by atoms with van der Waals surface area (Å²) in [6, 6.07) is 26.5. The quantitative estimate of drug-likeness (QED) is 0.148. The van der Waals surface area contributed by atoms with Crippen LogP contribution in [0.4, 0.5) is 0 Å². The Morgan fingerprint density at radius 1 is 0.562 bits per heavy atom. The molecular weight excluding hydrogens is 652 g/mol. The number of halogens is 1. The number of fused-ring (bicyclic) bond motifs is 6. The molecular formula is C43H45BrN4. The lowest BCUT2D eigenvalue weighted by Gasteiger charge is -2.32. The van der Waals surface area contributed by atoms with E-state index in [1.807, 2.05) is 0 Å². The number of aromatic nitrogens is 4. The first kappa shape index (κ1) is 32.3. The normalized spacial score (nSPS) is 15.3. The van der Waals surface area contributed by atoms with E-state index < -0.39 is 0 Å². The maximum Gasteiger partial charge on any atom is 0.146 e. The van der Waals surface area contributed by atoms with Crippen molar-refractivity contribution < 1.29 is 0 Å². The first-order valence-corrected chi connectivity index (χ1v) is 17.1. The second-order valence-electron chi connectivity index (χ2n) is 14.8. The molecule has 244 valence electrons. The predicted molar refractivity (Wildman–Crippen MR) is 209 cm³/mol. The standard InChI is InChI=1S/C21H20N2.C20H17BrN2.2CH4/c1-12-9-10-16-19-18(12)14-7-5-6-8-15(14)20-22-13(2)17(23(19)20)11-21(16,3)4;1-11-8-9-14-17-16(11)12-6-4-5-7-13(12)19-22-18(21)15(23(17)19)10-20(14,2)3;;/h5-10H,11H2,1-4H3;4-9H,10H2,1-3H3;2*1H4. The lowest BCUT2D eigenvalue weighted by Crippen LogP contribution is -2.27. The highest BCUT2D eigenvalue weighted by Gasteiger charge is 2.35.